The van der Waals surface area contributed by atoms with Crippen molar-refractivity contribution in [2.24, 2.45) is 11.5 Å². The van der Waals surface area contributed by atoms with Crippen LogP contribution in [0.25, 0.3) is 11.4 Å². The molecule has 2 aromatic rings. The van der Waals surface area contributed by atoms with Crippen LogP contribution in [-0.2, 0) is 11.3 Å². The highest BCUT2D eigenvalue weighted by Crippen LogP contribution is 2.18. The zero-order valence-electron chi connectivity index (χ0n) is 11.6. The highest BCUT2D eigenvalue weighted by atomic mass is 16.1. The average Bonchev–Trinajstić information content (AvgIpc) is 2.88. The van der Waals surface area contributed by atoms with E-state index in [1.165, 1.54) is 0 Å². The number of benzene rings is 1. The molecule has 0 aliphatic heterocycles. The van der Waals surface area contributed by atoms with Gasteiger partial charge in [0.2, 0.25) is 5.91 Å². The quantitative estimate of drug-likeness (QED) is 0.836. The predicted molar refractivity (Wildman–Crippen MR) is 78.7 cm³/mol. The molecule has 5 heteroatoms. The number of carbonyl (C=O) groups excluding carboxylic acids is 1. The van der Waals surface area contributed by atoms with Crippen LogP contribution in [0.5, 0.6) is 0 Å². The predicted octanol–water partition coefficient (Wildman–Crippen LogP) is 1.53. The third kappa shape index (κ3) is 3.24. The van der Waals surface area contributed by atoms with Crippen molar-refractivity contribution in [2.75, 3.05) is 0 Å². The van der Waals surface area contributed by atoms with Gasteiger partial charge in [-0.2, -0.15) is 0 Å². The van der Waals surface area contributed by atoms with Crippen LogP contribution >= 0.6 is 0 Å². The molecule has 0 radical (unpaired) electrons. The van der Waals surface area contributed by atoms with Gasteiger partial charge in [0.25, 0.3) is 0 Å². The van der Waals surface area contributed by atoms with E-state index in [9.17, 15) is 4.79 Å². The van der Waals surface area contributed by atoms with Gasteiger partial charge in [-0.05, 0) is 19.8 Å². The zero-order chi connectivity index (χ0) is 14.6. The van der Waals surface area contributed by atoms with Gasteiger partial charge < -0.3 is 16.0 Å². The van der Waals surface area contributed by atoms with Gasteiger partial charge in [-0.15, -0.1) is 0 Å². The molecule has 20 heavy (non-hydrogen) atoms. The first-order valence-electron chi connectivity index (χ1n) is 6.66. The number of rotatable bonds is 6. The standard InChI is InChI=1S/C15H20N4O/c1-15(17,14(16)20)8-5-10-19-11-9-18-13(19)12-6-3-2-4-7-12/h2-4,6-7,9,11H,5,8,10,17H2,1H3,(H2,16,20). The Morgan fingerprint density at radius 3 is 2.70 bits per heavy atom. The van der Waals surface area contributed by atoms with E-state index in [4.69, 9.17) is 11.5 Å². The number of carbonyl (C=O) groups is 1. The Balaban J connectivity index is 2.02. The van der Waals surface area contributed by atoms with Crippen LogP contribution in [0.2, 0.25) is 0 Å². The molecule has 4 N–H and O–H groups in total. The Hall–Kier alpha value is -2.14. The monoisotopic (exact) mass is 272 g/mol. The zero-order valence-corrected chi connectivity index (χ0v) is 11.6. The summed E-state index contributed by atoms with van der Waals surface area (Å²) in [5.41, 5.74) is 11.2. The minimum atomic E-state index is -0.951. The smallest absolute Gasteiger partial charge is 0.237 e. The number of primary amides is 1. The number of aryl methyl sites for hydroxylation is 1. The topological polar surface area (TPSA) is 86.9 Å². The Labute approximate surface area is 118 Å². The van der Waals surface area contributed by atoms with Gasteiger partial charge >= 0.3 is 0 Å². The molecule has 0 saturated carbocycles. The Kier molecular flexibility index (Phi) is 4.20. The molecule has 1 unspecified atom stereocenters. The maximum atomic E-state index is 11.2. The van der Waals surface area contributed by atoms with Crippen molar-refractivity contribution >= 4 is 5.91 Å². The molecular formula is C15H20N4O. The van der Waals surface area contributed by atoms with Crippen LogP contribution in [-0.4, -0.2) is 21.0 Å². The summed E-state index contributed by atoms with van der Waals surface area (Å²) in [6.45, 7) is 2.42. The van der Waals surface area contributed by atoms with E-state index < -0.39 is 11.4 Å². The normalized spacial score (nSPS) is 13.9. The Morgan fingerprint density at radius 1 is 1.35 bits per heavy atom. The van der Waals surface area contributed by atoms with Gasteiger partial charge in [-0.3, -0.25) is 4.79 Å². The van der Waals surface area contributed by atoms with Crippen LogP contribution in [0, 0.1) is 0 Å². The lowest BCUT2D eigenvalue weighted by molar-refractivity contribution is -0.122. The van der Waals surface area contributed by atoms with Crippen molar-refractivity contribution < 1.29 is 4.79 Å². The molecule has 2 rings (SSSR count). The molecule has 0 fully saturated rings. The largest absolute Gasteiger partial charge is 0.368 e. The highest BCUT2D eigenvalue weighted by Gasteiger charge is 2.24. The first-order chi connectivity index (χ1) is 9.50. The van der Waals surface area contributed by atoms with Gasteiger partial charge in [0.15, 0.2) is 0 Å². The Morgan fingerprint density at radius 2 is 2.05 bits per heavy atom. The van der Waals surface area contributed by atoms with E-state index in [0.29, 0.717) is 6.42 Å². The van der Waals surface area contributed by atoms with Crippen LogP contribution in [0.4, 0.5) is 0 Å². The lowest BCUT2D eigenvalue weighted by Crippen LogP contribution is -2.49. The van der Waals surface area contributed by atoms with Gasteiger partial charge in [0, 0.05) is 24.5 Å². The van der Waals surface area contributed by atoms with Gasteiger partial charge in [-0.25, -0.2) is 4.98 Å². The summed E-state index contributed by atoms with van der Waals surface area (Å²) < 4.78 is 2.06. The molecule has 1 heterocycles. The highest BCUT2D eigenvalue weighted by molar-refractivity contribution is 5.83. The van der Waals surface area contributed by atoms with Crippen LogP contribution < -0.4 is 11.5 Å². The summed E-state index contributed by atoms with van der Waals surface area (Å²) in [4.78, 5) is 15.6. The first-order valence-corrected chi connectivity index (χ1v) is 6.66. The fraction of sp³-hybridized carbons (Fsp3) is 0.333. The van der Waals surface area contributed by atoms with Crippen molar-refractivity contribution in [3.05, 3.63) is 42.7 Å². The lowest BCUT2D eigenvalue weighted by Gasteiger charge is -2.20. The molecule has 1 atom stereocenters. The molecule has 106 valence electrons. The van der Waals surface area contributed by atoms with E-state index in [2.05, 4.69) is 9.55 Å². The molecule has 1 aromatic heterocycles. The van der Waals surface area contributed by atoms with Crippen molar-refractivity contribution in [1.29, 1.82) is 0 Å². The van der Waals surface area contributed by atoms with E-state index in [1.54, 1.807) is 13.1 Å². The van der Waals surface area contributed by atoms with E-state index >= 15 is 0 Å². The fourth-order valence-corrected chi connectivity index (χ4v) is 2.08. The molecule has 1 amide bonds. The van der Waals surface area contributed by atoms with E-state index in [0.717, 1.165) is 24.4 Å². The molecule has 5 nitrogen and oxygen atoms in total. The third-order valence-corrected chi connectivity index (χ3v) is 3.41. The number of nitrogens with two attached hydrogens (primary N) is 2. The van der Waals surface area contributed by atoms with E-state index in [1.807, 2.05) is 36.5 Å². The average molecular weight is 272 g/mol. The minimum absolute atomic E-state index is 0.466. The molecule has 0 aliphatic rings. The van der Waals surface area contributed by atoms with Crippen LogP contribution in [0.15, 0.2) is 42.7 Å². The maximum Gasteiger partial charge on any atom is 0.237 e. The summed E-state index contributed by atoms with van der Waals surface area (Å²) in [5.74, 6) is 0.454. The first kappa shape index (κ1) is 14.3. The third-order valence-electron chi connectivity index (χ3n) is 3.41. The van der Waals surface area contributed by atoms with Crippen molar-refractivity contribution in [1.82, 2.24) is 9.55 Å². The minimum Gasteiger partial charge on any atom is -0.368 e. The van der Waals surface area contributed by atoms with Crippen molar-refractivity contribution in [3.8, 4) is 11.4 Å². The van der Waals surface area contributed by atoms with Crippen LogP contribution in [0.3, 0.4) is 0 Å². The summed E-state index contributed by atoms with van der Waals surface area (Å²) >= 11 is 0. The van der Waals surface area contributed by atoms with E-state index in [-0.39, 0.29) is 0 Å². The summed E-state index contributed by atoms with van der Waals surface area (Å²) in [5, 5.41) is 0. The molecular weight excluding hydrogens is 252 g/mol. The number of hydrogen-bond donors (Lipinski definition) is 2. The van der Waals surface area contributed by atoms with Crippen LogP contribution in [0.1, 0.15) is 19.8 Å². The summed E-state index contributed by atoms with van der Waals surface area (Å²) in [7, 11) is 0. The van der Waals surface area contributed by atoms with Crippen molar-refractivity contribution in [2.45, 2.75) is 31.8 Å². The second kappa shape index (κ2) is 5.88. The van der Waals surface area contributed by atoms with Gasteiger partial charge in [-0.1, -0.05) is 30.3 Å². The SMILES string of the molecule is CC(N)(CCCn1ccnc1-c1ccccc1)C(N)=O. The Bertz CT molecular complexity index is 575. The summed E-state index contributed by atoms with van der Waals surface area (Å²) in [6.07, 6.45) is 5.03. The molecule has 0 spiro atoms. The molecule has 0 bridgehead atoms. The number of nitrogens with zero attached hydrogens (tertiary/aromatic N) is 2. The van der Waals surface area contributed by atoms with Gasteiger partial charge in [0.05, 0.1) is 5.54 Å². The lowest BCUT2D eigenvalue weighted by atomic mass is 9.96. The molecule has 0 saturated heterocycles. The fourth-order valence-electron chi connectivity index (χ4n) is 2.08. The molecule has 1 aromatic carbocycles. The second-order valence-corrected chi connectivity index (χ2v) is 5.20. The number of amides is 1. The summed E-state index contributed by atoms with van der Waals surface area (Å²) in [6, 6.07) is 9.99. The number of hydrogen-bond acceptors (Lipinski definition) is 3. The number of aromatic nitrogens is 2. The van der Waals surface area contributed by atoms with Crippen molar-refractivity contribution in [3.63, 3.8) is 0 Å². The van der Waals surface area contributed by atoms with Gasteiger partial charge in [0.1, 0.15) is 5.82 Å². The molecule has 0 aliphatic carbocycles. The number of imidazole rings is 1. The second-order valence-electron chi connectivity index (χ2n) is 5.20. The maximum absolute atomic E-state index is 11.2.